The van der Waals surface area contributed by atoms with Gasteiger partial charge in [0.2, 0.25) is 5.91 Å². The molecule has 17 heavy (non-hydrogen) atoms. The van der Waals surface area contributed by atoms with Gasteiger partial charge in [-0.05, 0) is 48.9 Å². The van der Waals surface area contributed by atoms with Crippen molar-refractivity contribution in [1.82, 2.24) is 5.32 Å². The molecule has 3 nitrogen and oxygen atoms in total. The number of halogens is 1. The Morgan fingerprint density at radius 3 is 2.94 bits per heavy atom. The van der Waals surface area contributed by atoms with Gasteiger partial charge in [-0.25, -0.2) is 0 Å². The van der Waals surface area contributed by atoms with Crippen LogP contribution in [0.1, 0.15) is 36.4 Å². The Balaban J connectivity index is 1.77. The van der Waals surface area contributed by atoms with Crippen molar-refractivity contribution in [2.24, 2.45) is 5.73 Å². The lowest BCUT2D eigenvalue weighted by atomic mass is 10.1. The maximum Gasteiger partial charge on any atom is 0.240 e. The zero-order valence-electron chi connectivity index (χ0n) is 9.50. The van der Waals surface area contributed by atoms with Crippen molar-refractivity contribution in [3.63, 3.8) is 0 Å². The van der Waals surface area contributed by atoms with Crippen molar-refractivity contribution >= 4 is 17.5 Å². The molecular formula is C13H15ClN2O. The molecule has 90 valence electrons. The lowest BCUT2D eigenvalue weighted by molar-refractivity contribution is -0.124. The van der Waals surface area contributed by atoms with Crippen LogP contribution in [0.3, 0.4) is 0 Å². The van der Waals surface area contributed by atoms with Crippen molar-refractivity contribution in [1.29, 1.82) is 0 Å². The number of carbonyl (C=O) groups excluding carboxylic acids is 1. The van der Waals surface area contributed by atoms with Gasteiger partial charge in [0, 0.05) is 5.02 Å². The highest BCUT2D eigenvalue weighted by atomic mass is 35.5. The number of nitrogens with one attached hydrogen (secondary N) is 1. The second-order valence-corrected chi connectivity index (χ2v) is 5.50. The molecule has 1 saturated carbocycles. The first-order valence-electron chi connectivity index (χ1n) is 5.97. The molecule has 3 N–H and O–H groups in total. The highest BCUT2D eigenvalue weighted by molar-refractivity contribution is 6.30. The molecule has 0 aromatic heterocycles. The van der Waals surface area contributed by atoms with Gasteiger partial charge in [0.1, 0.15) is 0 Å². The van der Waals surface area contributed by atoms with Crippen LogP contribution in [0.2, 0.25) is 5.02 Å². The smallest absolute Gasteiger partial charge is 0.240 e. The van der Waals surface area contributed by atoms with Gasteiger partial charge in [0.15, 0.2) is 0 Å². The summed E-state index contributed by atoms with van der Waals surface area (Å²) in [5.74, 6) is -0.00898. The topological polar surface area (TPSA) is 55.1 Å². The van der Waals surface area contributed by atoms with Gasteiger partial charge in [0.05, 0.1) is 11.6 Å². The fraction of sp³-hybridized carbons (Fsp3) is 0.462. The highest BCUT2D eigenvalue weighted by Crippen LogP contribution is 2.36. The lowest BCUT2D eigenvalue weighted by Gasteiger charge is -2.17. The van der Waals surface area contributed by atoms with Gasteiger partial charge >= 0.3 is 0 Å². The molecule has 2 aliphatic rings. The molecule has 1 aromatic rings. The molecule has 4 heteroatoms. The summed E-state index contributed by atoms with van der Waals surface area (Å²) in [7, 11) is 0. The average molecular weight is 251 g/mol. The van der Waals surface area contributed by atoms with E-state index in [0.717, 1.165) is 30.7 Å². The lowest BCUT2D eigenvalue weighted by Crippen LogP contribution is -2.43. The predicted octanol–water partition coefficient (Wildman–Crippen LogP) is 1.93. The Labute approximate surface area is 105 Å². The van der Waals surface area contributed by atoms with E-state index in [1.54, 1.807) is 0 Å². The van der Waals surface area contributed by atoms with E-state index in [-0.39, 0.29) is 11.9 Å². The number of nitrogens with two attached hydrogens (primary N) is 1. The number of rotatable bonds is 2. The summed E-state index contributed by atoms with van der Waals surface area (Å²) in [6.45, 7) is 0. The molecule has 0 unspecified atom stereocenters. The molecular weight excluding hydrogens is 236 g/mol. The minimum Gasteiger partial charge on any atom is -0.348 e. The second-order valence-electron chi connectivity index (χ2n) is 5.06. The van der Waals surface area contributed by atoms with Gasteiger partial charge in [0.25, 0.3) is 0 Å². The van der Waals surface area contributed by atoms with E-state index in [9.17, 15) is 4.79 Å². The van der Waals surface area contributed by atoms with E-state index in [2.05, 4.69) is 5.32 Å². The van der Waals surface area contributed by atoms with E-state index in [4.69, 9.17) is 17.3 Å². The zero-order valence-corrected chi connectivity index (χ0v) is 10.3. The molecule has 0 spiro atoms. The van der Waals surface area contributed by atoms with E-state index in [1.165, 1.54) is 11.1 Å². The number of hydrogen-bond acceptors (Lipinski definition) is 2. The predicted molar refractivity (Wildman–Crippen MR) is 66.8 cm³/mol. The third kappa shape index (κ3) is 1.94. The third-order valence-corrected chi connectivity index (χ3v) is 3.96. The standard InChI is InChI=1S/C13H15ClN2O/c14-9-2-3-10-8(7-9)1-4-11(10)16-12(17)13(15)5-6-13/h2-3,7,11H,1,4-6,15H2,(H,16,17)/t11-/m0/s1. The van der Waals surface area contributed by atoms with Crippen LogP contribution in [0, 0.1) is 0 Å². The molecule has 3 rings (SSSR count). The van der Waals surface area contributed by atoms with Crippen LogP contribution in [-0.2, 0) is 11.2 Å². The molecule has 1 aromatic carbocycles. The highest BCUT2D eigenvalue weighted by Gasteiger charge is 2.46. The van der Waals surface area contributed by atoms with Crippen molar-refractivity contribution in [2.75, 3.05) is 0 Å². The molecule has 2 aliphatic carbocycles. The van der Waals surface area contributed by atoms with E-state index >= 15 is 0 Å². The molecule has 1 amide bonds. The quantitative estimate of drug-likeness (QED) is 0.843. The number of fused-ring (bicyclic) bond motifs is 1. The summed E-state index contributed by atoms with van der Waals surface area (Å²) in [4.78, 5) is 11.9. The van der Waals surface area contributed by atoms with E-state index in [1.807, 2.05) is 18.2 Å². The Hall–Kier alpha value is -1.06. The molecule has 0 saturated heterocycles. The first kappa shape index (κ1) is 11.1. The zero-order chi connectivity index (χ0) is 12.0. The maximum atomic E-state index is 11.9. The number of amides is 1. The van der Waals surface area contributed by atoms with Crippen LogP contribution in [0.4, 0.5) is 0 Å². The van der Waals surface area contributed by atoms with Gasteiger partial charge in [-0.3, -0.25) is 4.79 Å². The van der Waals surface area contributed by atoms with Crippen molar-refractivity contribution < 1.29 is 4.79 Å². The summed E-state index contributed by atoms with van der Waals surface area (Å²) in [5, 5.41) is 3.81. The Bertz CT molecular complexity index is 482. The van der Waals surface area contributed by atoms with Gasteiger partial charge < -0.3 is 11.1 Å². The molecule has 0 bridgehead atoms. The largest absolute Gasteiger partial charge is 0.348 e. The van der Waals surface area contributed by atoms with E-state index < -0.39 is 5.54 Å². The SMILES string of the molecule is NC1(C(=O)N[C@H]2CCc3cc(Cl)ccc32)CC1. The number of benzene rings is 1. The Morgan fingerprint density at radius 2 is 2.24 bits per heavy atom. The third-order valence-electron chi connectivity index (χ3n) is 3.73. The van der Waals surface area contributed by atoms with Gasteiger partial charge in [-0.1, -0.05) is 17.7 Å². The van der Waals surface area contributed by atoms with Crippen LogP contribution in [0.25, 0.3) is 0 Å². The van der Waals surface area contributed by atoms with Crippen molar-refractivity contribution in [3.05, 3.63) is 34.3 Å². The van der Waals surface area contributed by atoms with Crippen molar-refractivity contribution in [3.8, 4) is 0 Å². The minimum atomic E-state index is -0.588. The fourth-order valence-electron chi connectivity index (χ4n) is 2.40. The van der Waals surface area contributed by atoms with Gasteiger partial charge in [-0.15, -0.1) is 0 Å². The number of hydrogen-bond donors (Lipinski definition) is 2. The monoisotopic (exact) mass is 250 g/mol. The fourth-order valence-corrected chi connectivity index (χ4v) is 2.59. The van der Waals surface area contributed by atoms with Crippen LogP contribution in [0.15, 0.2) is 18.2 Å². The van der Waals surface area contributed by atoms with Crippen LogP contribution >= 0.6 is 11.6 Å². The van der Waals surface area contributed by atoms with E-state index in [0.29, 0.717) is 0 Å². The Kier molecular flexibility index (Phi) is 2.42. The van der Waals surface area contributed by atoms with Crippen LogP contribution in [-0.4, -0.2) is 11.4 Å². The normalized spacial score (nSPS) is 24.2. The average Bonchev–Trinajstić information content (AvgIpc) is 2.93. The molecule has 1 fully saturated rings. The second kappa shape index (κ2) is 3.72. The Morgan fingerprint density at radius 1 is 1.47 bits per heavy atom. The first-order chi connectivity index (χ1) is 8.08. The number of carbonyl (C=O) groups is 1. The molecule has 0 aliphatic heterocycles. The molecule has 0 heterocycles. The van der Waals surface area contributed by atoms with Gasteiger partial charge in [-0.2, -0.15) is 0 Å². The van der Waals surface area contributed by atoms with Crippen LogP contribution in [0.5, 0.6) is 0 Å². The van der Waals surface area contributed by atoms with Crippen molar-refractivity contribution in [2.45, 2.75) is 37.3 Å². The summed E-state index contributed by atoms with van der Waals surface area (Å²) in [6.07, 6.45) is 3.52. The molecule has 0 radical (unpaired) electrons. The summed E-state index contributed by atoms with van der Waals surface area (Å²) in [5.41, 5.74) is 7.72. The summed E-state index contributed by atoms with van der Waals surface area (Å²) < 4.78 is 0. The minimum absolute atomic E-state index is 0.00898. The number of aryl methyl sites for hydroxylation is 1. The first-order valence-corrected chi connectivity index (χ1v) is 6.34. The maximum absolute atomic E-state index is 11.9. The van der Waals surface area contributed by atoms with Crippen LogP contribution < -0.4 is 11.1 Å². The molecule has 1 atom stereocenters. The summed E-state index contributed by atoms with van der Waals surface area (Å²) >= 11 is 5.95. The summed E-state index contributed by atoms with van der Waals surface area (Å²) in [6, 6.07) is 5.97.